The maximum Gasteiger partial charge on any atom is 0.269 e. The van der Waals surface area contributed by atoms with E-state index in [0.717, 1.165) is 22.2 Å². The summed E-state index contributed by atoms with van der Waals surface area (Å²) in [7, 11) is 3.97. The van der Waals surface area contributed by atoms with Crippen LogP contribution in [0.15, 0.2) is 72.8 Å². The van der Waals surface area contributed by atoms with E-state index in [2.05, 4.69) is 9.97 Å². The Bertz CT molecular complexity index is 1170. The van der Waals surface area contributed by atoms with E-state index < -0.39 is 4.92 Å². The van der Waals surface area contributed by atoms with Crippen molar-refractivity contribution < 1.29 is 9.66 Å². The molecule has 1 aromatic heterocycles. The molecule has 0 aliphatic heterocycles. The number of ether oxygens (including phenoxy) is 1. The van der Waals surface area contributed by atoms with Crippen molar-refractivity contribution in [2.24, 2.45) is 0 Å². The predicted octanol–water partition coefficient (Wildman–Crippen LogP) is 5.06. The zero-order chi connectivity index (χ0) is 20.4. The quantitative estimate of drug-likeness (QED) is 0.352. The number of aromatic nitrogens is 2. The smallest absolute Gasteiger partial charge is 0.269 e. The van der Waals surface area contributed by atoms with Gasteiger partial charge >= 0.3 is 0 Å². The van der Waals surface area contributed by atoms with Crippen LogP contribution in [0.25, 0.3) is 22.3 Å². The summed E-state index contributed by atoms with van der Waals surface area (Å²) >= 11 is 0. The molecule has 29 heavy (non-hydrogen) atoms. The van der Waals surface area contributed by atoms with Crippen LogP contribution in [0.5, 0.6) is 11.6 Å². The molecule has 4 rings (SSSR count). The molecule has 7 nitrogen and oxygen atoms in total. The van der Waals surface area contributed by atoms with Crippen LogP contribution in [-0.2, 0) is 0 Å². The molecule has 144 valence electrons. The fourth-order valence-corrected chi connectivity index (χ4v) is 2.91. The summed E-state index contributed by atoms with van der Waals surface area (Å²) in [6.07, 6.45) is 0. The van der Waals surface area contributed by atoms with Gasteiger partial charge in [-0.05, 0) is 48.5 Å². The summed E-state index contributed by atoms with van der Waals surface area (Å²) < 4.78 is 5.97. The van der Waals surface area contributed by atoms with Gasteiger partial charge in [-0.1, -0.05) is 12.1 Å². The van der Waals surface area contributed by atoms with Crippen molar-refractivity contribution in [3.05, 3.63) is 82.9 Å². The highest BCUT2D eigenvalue weighted by Gasteiger charge is 2.12. The first-order valence-electron chi connectivity index (χ1n) is 8.98. The summed E-state index contributed by atoms with van der Waals surface area (Å²) in [6.45, 7) is 0. The van der Waals surface area contributed by atoms with E-state index in [1.165, 1.54) is 12.1 Å². The predicted molar refractivity (Wildman–Crippen MR) is 112 cm³/mol. The summed E-state index contributed by atoms with van der Waals surface area (Å²) in [4.78, 5) is 21.7. The Morgan fingerprint density at radius 2 is 1.59 bits per heavy atom. The van der Waals surface area contributed by atoms with E-state index in [1.54, 1.807) is 12.1 Å². The lowest BCUT2D eigenvalue weighted by molar-refractivity contribution is -0.384. The van der Waals surface area contributed by atoms with Crippen LogP contribution in [0, 0.1) is 10.1 Å². The van der Waals surface area contributed by atoms with E-state index in [0.29, 0.717) is 17.5 Å². The number of nitro benzene ring substituents is 1. The Morgan fingerprint density at radius 1 is 0.897 bits per heavy atom. The van der Waals surface area contributed by atoms with Gasteiger partial charge in [-0.3, -0.25) is 10.1 Å². The molecule has 0 saturated carbocycles. The SMILES string of the molecule is CN(C)c1ccc(-c2nc(Oc3ccc([N+](=O)[O-])cc3)c3ccccc3n2)cc1. The van der Waals surface area contributed by atoms with E-state index in [9.17, 15) is 10.1 Å². The minimum Gasteiger partial charge on any atom is -0.438 e. The fraction of sp³-hybridized carbons (Fsp3) is 0.0909. The first-order chi connectivity index (χ1) is 14.0. The lowest BCUT2D eigenvalue weighted by atomic mass is 10.1. The number of fused-ring (bicyclic) bond motifs is 1. The number of hydrogen-bond donors (Lipinski definition) is 0. The number of rotatable bonds is 5. The average molecular weight is 386 g/mol. The van der Waals surface area contributed by atoms with Gasteiger partial charge in [0, 0.05) is 37.5 Å². The van der Waals surface area contributed by atoms with Crippen molar-refractivity contribution in [3.8, 4) is 23.0 Å². The molecule has 1 heterocycles. The molecule has 0 saturated heterocycles. The van der Waals surface area contributed by atoms with Crippen LogP contribution in [0.3, 0.4) is 0 Å². The van der Waals surface area contributed by atoms with Crippen molar-refractivity contribution >= 4 is 22.3 Å². The molecule has 4 aromatic rings. The van der Waals surface area contributed by atoms with Crippen LogP contribution in [0.1, 0.15) is 0 Å². The molecule has 0 aliphatic rings. The first kappa shape index (κ1) is 18.4. The average Bonchev–Trinajstić information content (AvgIpc) is 2.74. The third-order valence-electron chi connectivity index (χ3n) is 4.47. The molecule has 7 heteroatoms. The number of benzene rings is 3. The second-order valence-corrected chi connectivity index (χ2v) is 6.66. The molecule has 0 fully saturated rings. The Labute approximate surface area is 167 Å². The highest BCUT2D eigenvalue weighted by molar-refractivity contribution is 5.85. The number of nitrogens with zero attached hydrogens (tertiary/aromatic N) is 4. The summed E-state index contributed by atoms with van der Waals surface area (Å²) in [6, 6.07) is 21.4. The van der Waals surface area contributed by atoms with Gasteiger partial charge < -0.3 is 9.64 Å². The van der Waals surface area contributed by atoms with Gasteiger partial charge in [0.25, 0.3) is 5.69 Å². The zero-order valence-electron chi connectivity index (χ0n) is 15.9. The normalized spacial score (nSPS) is 10.7. The standard InChI is InChI=1S/C22H18N4O3/c1-25(2)16-9-7-15(8-10-16)21-23-20-6-4-3-5-19(20)22(24-21)29-18-13-11-17(12-14-18)26(27)28/h3-14H,1-2H3. The van der Waals surface area contributed by atoms with E-state index in [-0.39, 0.29) is 5.69 Å². The Hall–Kier alpha value is -4.00. The summed E-state index contributed by atoms with van der Waals surface area (Å²) in [5, 5.41) is 11.6. The Morgan fingerprint density at radius 3 is 2.24 bits per heavy atom. The molecule has 0 radical (unpaired) electrons. The third-order valence-corrected chi connectivity index (χ3v) is 4.47. The van der Waals surface area contributed by atoms with E-state index in [4.69, 9.17) is 4.74 Å². The molecule has 0 N–H and O–H groups in total. The lowest BCUT2D eigenvalue weighted by Gasteiger charge is -2.13. The van der Waals surface area contributed by atoms with Crippen molar-refractivity contribution in [2.45, 2.75) is 0 Å². The van der Waals surface area contributed by atoms with Crippen LogP contribution >= 0.6 is 0 Å². The van der Waals surface area contributed by atoms with Gasteiger partial charge in [-0.15, -0.1) is 0 Å². The summed E-state index contributed by atoms with van der Waals surface area (Å²) in [5.74, 6) is 1.41. The Kier molecular flexibility index (Phi) is 4.78. The van der Waals surface area contributed by atoms with Gasteiger partial charge in [0.05, 0.1) is 15.8 Å². The molecule has 0 spiro atoms. The molecule has 0 aliphatic carbocycles. The second kappa shape index (κ2) is 7.55. The number of nitro groups is 1. The van der Waals surface area contributed by atoms with Gasteiger partial charge in [-0.2, -0.15) is 4.98 Å². The molecule has 3 aromatic carbocycles. The topological polar surface area (TPSA) is 81.4 Å². The highest BCUT2D eigenvalue weighted by atomic mass is 16.6. The number of anilines is 1. The van der Waals surface area contributed by atoms with Crippen molar-refractivity contribution in [1.29, 1.82) is 0 Å². The van der Waals surface area contributed by atoms with Gasteiger partial charge in [0.1, 0.15) is 5.75 Å². The minimum atomic E-state index is -0.445. The van der Waals surface area contributed by atoms with Crippen LogP contribution in [0.4, 0.5) is 11.4 Å². The molecule has 0 bridgehead atoms. The minimum absolute atomic E-state index is 0.00608. The van der Waals surface area contributed by atoms with Crippen molar-refractivity contribution in [1.82, 2.24) is 9.97 Å². The number of para-hydroxylation sites is 1. The third kappa shape index (κ3) is 3.84. The van der Waals surface area contributed by atoms with Crippen molar-refractivity contribution in [3.63, 3.8) is 0 Å². The first-order valence-corrected chi connectivity index (χ1v) is 8.98. The number of non-ortho nitro benzene ring substituents is 1. The monoisotopic (exact) mass is 386 g/mol. The van der Waals surface area contributed by atoms with Crippen LogP contribution in [0.2, 0.25) is 0 Å². The van der Waals surface area contributed by atoms with Crippen LogP contribution < -0.4 is 9.64 Å². The lowest BCUT2D eigenvalue weighted by Crippen LogP contribution is -2.08. The summed E-state index contributed by atoms with van der Waals surface area (Å²) in [5.41, 5.74) is 2.71. The maximum absolute atomic E-state index is 10.9. The second-order valence-electron chi connectivity index (χ2n) is 6.66. The van der Waals surface area contributed by atoms with Gasteiger partial charge in [0.15, 0.2) is 5.82 Å². The molecule has 0 amide bonds. The molecular weight excluding hydrogens is 368 g/mol. The van der Waals surface area contributed by atoms with Crippen molar-refractivity contribution in [2.75, 3.05) is 19.0 Å². The maximum atomic E-state index is 10.9. The highest BCUT2D eigenvalue weighted by Crippen LogP contribution is 2.31. The number of hydrogen-bond acceptors (Lipinski definition) is 6. The largest absolute Gasteiger partial charge is 0.438 e. The Balaban J connectivity index is 1.75. The zero-order valence-corrected chi connectivity index (χ0v) is 15.9. The van der Waals surface area contributed by atoms with Crippen LogP contribution in [-0.4, -0.2) is 29.0 Å². The molecule has 0 unspecified atom stereocenters. The van der Waals surface area contributed by atoms with Gasteiger partial charge in [0.2, 0.25) is 5.88 Å². The van der Waals surface area contributed by atoms with E-state index in [1.807, 2.05) is 67.5 Å². The van der Waals surface area contributed by atoms with Gasteiger partial charge in [-0.25, -0.2) is 4.98 Å². The molecule has 0 atom stereocenters. The fourth-order valence-electron chi connectivity index (χ4n) is 2.91. The molecular formula is C22H18N4O3. The van der Waals surface area contributed by atoms with E-state index >= 15 is 0 Å².